The molecule has 0 saturated heterocycles. The summed E-state index contributed by atoms with van der Waals surface area (Å²) in [4.78, 5) is 29.2. The highest BCUT2D eigenvalue weighted by molar-refractivity contribution is 7.99. The number of carbonyl (C=O) groups is 2. The zero-order chi connectivity index (χ0) is 25.1. The summed E-state index contributed by atoms with van der Waals surface area (Å²) in [5.41, 5.74) is 5.27. The van der Waals surface area contributed by atoms with Crippen LogP contribution in [-0.2, 0) is 4.79 Å². The van der Waals surface area contributed by atoms with Gasteiger partial charge in [-0.2, -0.15) is 0 Å². The van der Waals surface area contributed by atoms with Crippen molar-refractivity contribution in [1.82, 2.24) is 25.1 Å². The molecule has 1 aliphatic rings. The lowest BCUT2D eigenvalue weighted by atomic mass is 10.1. The van der Waals surface area contributed by atoms with E-state index in [2.05, 4.69) is 51.8 Å². The van der Waals surface area contributed by atoms with Crippen molar-refractivity contribution in [3.8, 4) is 17.1 Å². The standard InChI is InChI=1S/C27H26N6O2S/c1-17-6-9-23(14-18(17)2)33-25(19-10-12-28-13-11-19)31-32-27(33)36-16-24(34)29-22-5-3-4-20(15-22)26(35)30-21-7-8-21/h3-6,9-15,21H,7-8,16H2,1-2H3,(H,29,34)(H,30,35). The smallest absolute Gasteiger partial charge is 0.251 e. The molecule has 2 heterocycles. The number of rotatable bonds is 8. The Balaban J connectivity index is 1.33. The Bertz CT molecular complexity index is 1420. The molecule has 0 spiro atoms. The first-order valence-corrected chi connectivity index (χ1v) is 12.7. The fourth-order valence-corrected chi connectivity index (χ4v) is 4.46. The van der Waals surface area contributed by atoms with E-state index in [1.165, 1.54) is 17.3 Å². The van der Waals surface area contributed by atoms with E-state index in [0.717, 1.165) is 29.7 Å². The monoisotopic (exact) mass is 498 g/mol. The quantitative estimate of drug-likeness (QED) is 0.345. The summed E-state index contributed by atoms with van der Waals surface area (Å²) < 4.78 is 1.96. The normalized spacial score (nSPS) is 12.8. The van der Waals surface area contributed by atoms with Crippen molar-refractivity contribution in [2.45, 2.75) is 37.9 Å². The lowest BCUT2D eigenvalue weighted by Gasteiger charge is -2.12. The molecule has 2 N–H and O–H groups in total. The van der Waals surface area contributed by atoms with Gasteiger partial charge in [-0.05, 0) is 80.3 Å². The molecule has 5 rings (SSSR count). The van der Waals surface area contributed by atoms with Crippen LogP contribution in [0, 0.1) is 13.8 Å². The van der Waals surface area contributed by atoms with Crippen LogP contribution < -0.4 is 10.6 Å². The van der Waals surface area contributed by atoms with Crippen LogP contribution in [0.2, 0.25) is 0 Å². The second-order valence-corrected chi connectivity index (χ2v) is 9.75. The molecule has 0 aliphatic heterocycles. The number of anilines is 1. The van der Waals surface area contributed by atoms with Crippen LogP contribution in [0.25, 0.3) is 17.1 Å². The van der Waals surface area contributed by atoms with Gasteiger partial charge in [0, 0.05) is 35.2 Å². The molecule has 8 nitrogen and oxygen atoms in total. The van der Waals surface area contributed by atoms with Crippen LogP contribution in [0.15, 0.2) is 72.1 Å². The van der Waals surface area contributed by atoms with E-state index in [4.69, 9.17) is 0 Å². The molecule has 2 aromatic heterocycles. The summed E-state index contributed by atoms with van der Waals surface area (Å²) in [6.07, 6.45) is 5.48. The van der Waals surface area contributed by atoms with Gasteiger partial charge < -0.3 is 10.6 Å². The molecular formula is C27H26N6O2S. The summed E-state index contributed by atoms with van der Waals surface area (Å²) in [7, 11) is 0. The minimum atomic E-state index is -0.195. The van der Waals surface area contributed by atoms with Crippen molar-refractivity contribution in [2.24, 2.45) is 0 Å². The lowest BCUT2D eigenvalue weighted by Crippen LogP contribution is -2.25. The molecule has 182 valence electrons. The van der Waals surface area contributed by atoms with Crippen LogP contribution in [0.3, 0.4) is 0 Å². The van der Waals surface area contributed by atoms with Gasteiger partial charge in [-0.25, -0.2) is 0 Å². The predicted molar refractivity (Wildman–Crippen MR) is 140 cm³/mol. The first-order chi connectivity index (χ1) is 17.5. The number of benzene rings is 2. The number of aryl methyl sites for hydroxylation is 2. The molecule has 4 aromatic rings. The van der Waals surface area contributed by atoms with Crippen LogP contribution in [0.4, 0.5) is 5.69 Å². The maximum absolute atomic E-state index is 12.8. The predicted octanol–water partition coefficient (Wildman–Crippen LogP) is 4.57. The Morgan fingerprint density at radius 2 is 1.81 bits per heavy atom. The average Bonchev–Trinajstić information content (AvgIpc) is 3.60. The van der Waals surface area contributed by atoms with Gasteiger partial charge in [0.25, 0.3) is 5.91 Å². The largest absolute Gasteiger partial charge is 0.349 e. The zero-order valence-electron chi connectivity index (χ0n) is 20.1. The Morgan fingerprint density at radius 3 is 2.56 bits per heavy atom. The summed E-state index contributed by atoms with van der Waals surface area (Å²) in [5, 5.41) is 15.3. The van der Waals surface area contributed by atoms with Crippen molar-refractivity contribution >= 4 is 29.3 Å². The number of aromatic nitrogens is 4. The highest BCUT2D eigenvalue weighted by Crippen LogP contribution is 2.29. The van der Waals surface area contributed by atoms with E-state index < -0.39 is 0 Å². The molecule has 1 aliphatic carbocycles. The maximum atomic E-state index is 12.8. The number of hydrogen-bond donors (Lipinski definition) is 2. The van der Waals surface area contributed by atoms with Crippen molar-refractivity contribution in [1.29, 1.82) is 0 Å². The van der Waals surface area contributed by atoms with Crippen molar-refractivity contribution in [3.63, 3.8) is 0 Å². The number of hydrogen-bond acceptors (Lipinski definition) is 6. The highest BCUT2D eigenvalue weighted by atomic mass is 32.2. The molecule has 9 heteroatoms. The summed E-state index contributed by atoms with van der Waals surface area (Å²) >= 11 is 1.30. The molecule has 2 amide bonds. The van der Waals surface area contributed by atoms with E-state index in [1.54, 1.807) is 36.7 Å². The first kappa shape index (κ1) is 23.7. The molecule has 0 bridgehead atoms. The van der Waals surface area contributed by atoms with Crippen LogP contribution in [-0.4, -0.2) is 43.4 Å². The number of nitrogens with one attached hydrogen (secondary N) is 2. The Kier molecular flexibility index (Phi) is 6.81. The van der Waals surface area contributed by atoms with Crippen LogP contribution in [0.1, 0.15) is 34.3 Å². The summed E-state index contributed by atoms with van der Waals surface area (Å²) in [5.74, 6) is 0.503. The van der Waals surface area contributed by atoms with E-state index in [-0.39, 0.29) is 23.6 Å². The third kappa shape index (κ3) is 5.46. The molecule has 0 unspecified atom stereocenters. The molecular weight excluding hydrogens is 472 g/mol. The summed E-state index contributed by atoms with van der Waals surface area (Å²) in [6.45, 7) is 4.13. The number of carbonyl (C=O) groups excluding carboxylic acids is 2. The van der Waals surface area contributed by atoms with Crippen LogP contribution >= 0.6 is 11.8 Å². The lowest BCUT2D eigenvalue weighted by molar-refractivity contribution is -0.113. The third-order valence-electron chi connectivity index (χ3n) is 5.97. The molecule has 1 fully saturated rings. The van der Waals surface area contributed by atoms with Crippen molar-refractivity contribution in [2.75, 3.05) is 11.1 Å². The van der Waals surface area contributed by atoms with Gasteiger partial charge in [0.05, 0.1) is 11.4 Å². The van der Waals surface area contributed by atoms with Gasteiger partial charge in [0.2, 0.25) is 5.91 Å². The first-order valence-electron chi connectivity index (χ1n) is 11.7. The van der Waals surface area contributed by atoms with Crippen LogP contribution in [0.5, 0.6) is 0 Å². The Morgan fingerprint density at radius 1 is 1.00 bits per heavy atom. The van der Waals surface area contributed by atoms with Gasteiger partial charge in [-0.15, -0.1) is 10.2 Å². The van der Waals surface area contributed by atoms with E-state index in [1.807, 2.05) is 22.8 Å². The Labute approximate surface area is 213 Å². The van der Waals surface area contributed by atoms with Gasteiger partial charge in [-0.3, -0.25) is 19.1 Å². The summed E-state index contributed by atoms with van der Waals surface area (Å²) in [6, 6.07) is 17.2. The van der Waals surface area contributed by atoms with Gasteiger partial charge in [-0.1, -0.05) is 23.9 Å². The van der Waals surface area contributed by atoms with Gasteiger partial charge in [0.1, 0.15) is 0 Å². The molecule has 2 aromatic carbocycles. The number of thioether (sulfide) groups is 1. The Hall–Kier alpha value is -3.98. The van der Waals surface area contributed by atoms with E-state index in [0.29, 0.717) is 22.2 Å². The van der Waals surface area contributed by atoms with Crippen molar-refractivity contribution in [3.05, 3.63) is 83.7 Å². The SMILES string of the molecule is Cc1ccc(-n2c(SCC(=O)Nc3cccc(C(=O)NC4CC4)c3)nnc2-c2ccncc2)cc1C. The number of amides is 2. The van der Waals surface area contributed by atoms with E-state index in [9.17, 15) is 9.59 Å². The van der Waals surface area contributed by atoms with E-state index >= 15 is 0 Å². The minimum absolute atomic E-state index is 0.117. The molecule has 0 atom stereocenters. The van der Waals surface area contributed by atoms with Gasteiger partial charge in [0.15, 0.2) is 11.0 Å². The molecule has 0 radical (unpaired) electrons. The average molecular weight is 499 g/mol. The number of nitrogens with zero attached hydrogens (tertiary/aromatic N) is 4. The number of pyridine rings is 1. The van der Waals surface area contributed by atoms with Crippen molar-refractivity contribution < 1.29 is 9.59 Å². The zero-order valence-corrected chi connectivity index (χ0v) is 20.9. The second-order valence-electron chi connectivity index (χ2n) is 8.81. The highest BCUT2D eigenvalue weighted by Gasteiger charge is 2.24. The van der Waals surface area contributed by atoms with Gasteiger partial charge >= 0.3 is 0 Å². The topological polar surface area (TPSA) is 102 Å². The fourth-order valence-electron chi connectivity index (χ4n) is 3.71. The third-order valence-corrected chi connectivity index (χ3v) is 6.90. The molecule has 1 saturated carbocycles. The minimum Gasteiger partial charge on any atom is -0.349 e. The molecule has 36 heavy (non-hydrogen) atoms. The second kappa shape index (κ2) is 10.3. The maximum Gasteiger partial charge on any atom is 0.251 e. The fraction of sp³-hybridized carbons (Fsp3) is 0.222.